The number of hydrogen-bond donors (Lipinski definition) is 1. The molecule has 6 nitrogen and oxygen atoms in total. The van der Waals surface area contributed by atoms with Gasteiger partial charge in [0.1, 0.15) is 11.5 Å². The van der Waals surface area contributed by atoms with Crippen LogP contribution in [0.15, 0.2) is 72.8 Å². The number of Topliss-reactive ketones (excluding diaryl/α,β-unsaturated/α-hetero) is 1. The Labute approximate surface area is 193 Å². The lowest BCUT2D eigenvalue weighted by molar-refractivity contribution is -0.135. The second kappa shape index (κ2) is 9.46. The number of ketones is 1. The first kappa shape index (κ1) is 22.6. The summed E-state index contributed by atoms with van der Waals surface area (Å²) in [5, 5.41) is 11.5. The number of nitrogens with zero attached hydrogens (tertiary/aromatic N) is 1. The van der Waals surface area contributed by atoms with Crippen molar-refractivity contribution in [3.05, 3.63) is 89.5 Å². The van der Waals surface area contributed by atoms with Gasteiger partial charge in [-0.15, -0.1) is 0 Å². The van der Waals surface area contributed by atoms with Crippen molar-refractivity contribution < 1.29 is 24.2 Å². The molecule has 0 bridgehead atoms. The van der Waals surface area contributed by atoms with Crippen molar-refractivity contribution in [3.8, 4) is 11.5 Å². The van der Waals surface area contributed by atoms with Gasteiger partial charge in [-0.25, -0.2) is 0 Å². The zero-order chi connectivity index (χ0) is 23.4. The Hall–Kier alpha value is -3.64. The van der Waals surface area contributed by atoms with Gasteiger partial charge in [-0.1, -0.05) is 48.5 Å². The minimum absolute atomic E-state index is 0.291. The van der Waals surface area contributed by atoms with Gasteiger partial charge in [-0.3, -0.25) is 9.59 Å². The molecule has 0 aliphatic carbocycles. The number of carbonyl (C=O) groups is 2. The molecule has 0 fully saturated rings. The average Bonchev–Trinajstić information content (AvgIpc) is 3.06. The Morgan fingerprint density at radius 1 is 0.970 bits per heavy atom. The first-order chi connectivity index (χ1) is 16.0. The van der Waals surface area contributed by atoms with E-state index in [-0.39, 0.29) is 12.2 Å². The van der Waals surface area contributed by atoms with Gasteiger partial charge in [0.25, 0.3) is 5.91 Å². The number of carbonyl (C=O) groups excluding carboxylic acids is 2. The zero-order valence-electron chi connectivity index (χ0n) is 18.8. The molecule has 1 aliphatic rings. The van der Waals surface area contributed by atoms with E-state index < -0.39 is 11.5 Å². The molecule has 4 rings (SSSR count). The average molecular weight is 446 g/mol. The Morgan fingerprint density at radius 3 is 2.42 bits per heavy atom. The van der Waals surface area contributed by atoms with E-state index >= 15 is 0 Å². The van der Waals surface area contributed by atoms with E-state index in [9.17, 15) is 14.7 Å². The van der Waals surface area contributed by atoms with Crippen molar-refractivity contribution in [3.63, 3.8) is 0 Å². The predicted molar refractivity (Wildman–Crippen MR) is 126 cm³/mol. The summed E-state index contributed by atoms with van der Waals surface area (Å²) in [5.74, 6) is 0.0271. The molecule has 1 unspecified atom stereocenters. The summed E-state index contributed by atoms with van der Waals surface area (Å²) < 4.78 is 10.5. The van der Waals surface area contributed by atoms with Crippen molar-refractivity contribution in [1.82, 2.24) is 0 Å². The summed E-state index contributed by atoms with van der Waals surface area (Å²) in [6.07, 6.45) is 1.17. The molecule has 0 spiro atoms. The van der Waals surface area contributed by atoms with Gasteiger partial charge in [0, 0.05) is 18.2 Å². The van der Waals surface area contributed by atoms with Gasteiger partial charge in [-0.2, -0.15) is 0 Å². The van der Waals surface area contributed by atoms with Crippen molar-refractivity contribution in [2.24, 2.45) is 0 Å². The van der Waals surface area contributed by atoms with E-state index in [2.05, 4.69) is 12.1 Å². The lowest BCUT2D eigenvalue weighted by Gasteiger charge is -2.23. The molecule has 1 heterocycles. The standard InChI is InChI=1S/C27H27NO5/c1-32-20-14-15-21(25(17-20)33-2)24(29)18-27(31)22-12-6-7-13-23(22)28(26(27)30)16-8-11-19-9-4-3-5-10-19/h3-7,9-10,12-15,17,31H,8,11,16,18H2,1-2H3. The number of aliphatic hydroxyl groups is 1. The number of rotatable bonds is 9. The van der Waals surface area contributed by atoms with Crippen LogP contribution in [-0.4, -0.2) is 37.6 Å². The number of hydrogen-bond acceptors (Lipinski definition) is 5. The summed E-state index contributed by atoms with van der Waals surface area (Å²) in [5.41, 5.74) is 0.655. The second-order valence-electron chi connectivity index (χ2n) is 8.09. The van der Waals surface area contributed by atoms with Crippen LogP contribution in [0.4, 0.5) is 5.69 Å². The topological polar surface area (TPSA) is 76.1 Å². The number of amides is 1. The van der Waals surface area contributed by atoms with Crippen LogP contribution < -0.4 is 14.4 Å². The van der Waals surface area contributed by atoms with Gasteiger partial charge in [-0.05, 0) is 36.6 Å². The van der Waals surface area contributed by atoms with Gasteiger partial charge < -0.3 is 19.5 Å². The number of fused-ring (bicyclic) bond motifs is 1. The molecule has 1 N–H and O–H groups in total. The Kier molecular flexibility index (Phi) is 6.47. The molecule has 1 atom stereocenters. The fourth-order valence-corrected chi connectivity index (χ4v) is 4.34. The van der Waals surface area contributed by atoms with E-state index in [1.54, 1.807) is 35.2 Å². The van der Waals surface area contributed by atoms with E-state index in [4.69, 9.17) is 9.47 Å². The molecular formula is C27H27NO5. The van der Waals surface area contributed by atoms with Crippen LogP contribution in [0.25, 0.3) is 0 Å². The monoisotopic (exact) mass is 445 g/mol. The zero-order valence-corrected chi connectivity index (χ0v) is 18.8. The highest BCUT2D eigenvalue weighted by Crippen LogP contribution is 2.43. The van der Waals surface area contributed by atoms with Gasteiger partial charge in [0.2, 0.25) is 0 Å². The van der Waals surface area contributed by atoms with Gasteiger partial charge >= 0.3 is 0 Å². The molecule has 1 amide bonds. The fraction of sp³-hybridized carbons (Fsp3) is 0.259. The van der Waals surface area contributed by atoms with Crippen LogP contribution in [0.3, 0.4) is 0 Å². The summed E-state index contributed by atoms with van der Waals surface area (Å²) >= 11 is 0. The fourth-order valence-electron chi connectivity index (χ4n) is 4.34. The molecule has 0 radical (unpaired) electrons. The highest BCUT2D eigenvalue weighted by Gasteiger charge is 2.50. The molecule has 33 heavy (non-hydrogen) atoms. The maximum Gasteiger partial charge on any atom is 0.264 e. The Morgan fingerprint density at radius 2 is 1.70 bits per heavy atom. The first-order valence-electron chi connectivity index (χ1n) is 10.9. The third-order valence-electron chi connectivity index (χ3n) is 6.05. The third kappa shape index (κ3) is 4.34. The first-order valence-corrected chi connectivity index (χ1v) is 10.9. The maximum absolute atomic E-state index is 13.4. The van der Waals surface area contributed by atoms with Gasteiger partial charge in [0.05, 0.1) is 31.9 Å². The predicted octanol–water partition coefficient (Wildman–Crippen LogP) is 4.14. The Balaban J connectivity index is 1.57. The van der Waals surface area contributed by atoms with Crippen molar-refractivity contribution in [2.75, 3.05) is 25.7 Å². The van der Waals surface area contributed by atoms with Crippen molar-refractivity contribution >= 4 is 17.4 Å². The summed E-state index contributed by atoms with van der Waals surface area (Å²) in [4.78, 5) is 28.2. The molecule has 3 aromatic carbocycles. The summed E-state index contributed by atoms with van der Waals surface area (Å²) in [6, 6.07) is 22.0. The minimum Gasteiger partial charge on any atom is -0.497 e. The highest BCUT2D eigenvalue weighted by molar-refractivity contribution is 6.11. The van der Waals surface area contributed by atoms with Crippen molar-refractivity contribution in [2.45, 2.75) is 24.9 Å². The number of anilines is 1. The number of ether oxygens (including phenoxy) is 2. The smallest absolute Gasteiger partial charge is 0.264 e. The number of methoxy groups -OCH3 is 2. The molecule has 6 heteroatoms. The number of para-hydroxylation sites is 1. The molecule has 0 saturated heterocycles. The van der Waals surface area contributed by atoms with Gasteiger partial charge in [0.15, 0.2) is 11.4 Å². The third-order valence-corrected chi connectivity index (χ3v) is 6.05. The summed E-state index contributed by atoms with van der Waals surface area (Å²) in [7, 11) is 2.99. The largest absolute Gasteiger partial charge is 0.497 e. The van der Waals surface area contributed by atoms with Crippen LogP contribution in [-0.2, 0) is 16.8 Å². The van der Waals surface area contributed by atoms with Crippen LogP contribution >= 0.6 is 0 Å². The normalized spacial score (nSPS) is 17.1. The van der Waals surface area contributed by atoms with E-state index in [1.807, 2.05) is 30.3 Å². The lowest BCUT2D eigenvalue weighted by atomic mass is 9.88. The van der Waals surface area contributed by atoms with E-state index in [0.29, 0.717) is 34.9 Å². The maximum atomic E-state index is 13.4. The molecule has 0 aromatic heterocycles. The Bertz CT molecular complexity index is 1160. The van der Waals surface area contributed by atoms with Crippen LogP contribution in [0, 0.1) is 0 Å². The highest BCUT2D eigenvalue weighted by atomic mass is 16.5. The minimum atomic E-state index is -1.93. The lowest BCUT2D eigenvalue weighted by Crippen LogP contribution is -2.42. The van der Waals surface area contributed by atoms with Crippen LogP contribution in [0.1, 0.15) is 34.3 Å². The molecular weight excluding hydrogens is 418 g/mol. The SMILES string of the molecule is COc1ccc(C(=O)CC2(O)C(=O)N(CCCc3ccccc3)c3ccccc32)c(OC)c1. The summed E-state index contributed by atoms with van der Waals surface area (Å²) in [6.45, 7) is 0.451. The molecule has 3 aromatic rings. The molecule has 1 aliphatic heterocycles. The number of benzene rings is 3. The second-order valence-corrected chi connectivity index (χ2v) is 8.09. The van der Waals surface area contributed by atoms with E-state index in [0.717, 1.165) is 12.8 Å². The quantitative estimate of drug-likeness (QED) is 0.501. The van der Waals surface area contributed by atoms with Crippen LogP contribution in [0.5, 0.6) is 11.5 Å². The van der Waals surface area contributed by atoms with Crippen molar-refractivity contribution in [1.29, 1.82) is 0 Å². The number of aryl methyl sites for hydroxylation is 1. The molecule has 0 saturated carbocycles. The van der Waals surface area contributed by atoms with E-state index in [1.165, 1.54) is 19.8 Å². The van der Waals surface area contributed by atoms with Crippen LogP contribution in [0.2, 0.25) is 0 Å². The molecule has 170 valence electrons.